The summed E-state index contributed by atoms with van der Waals surface area (Å²) in [5.41, 5.74) is 0. The number of phosphoric acid groups is 1. The molecule has 718 valence electrons. The number of allylic oxidation sites excluding steroid dienone is 2. The van der Waals surface area contributed by atoms with Gasteiger partial charge in [-0.3, -0.25) is 28.2 Å². The maximum atomic E-state index is 15.0. The van der Waals surface area contributed by atoms with E-state index in [0.29, 0.717) is 43.9 Å². The molecule has 3 fully saturated rings. The van der Waals surface area contributed by atoms with Crippen LogP contribution in [0.3, 0.4) is 0 Å². The Morgan fingerprint density at radius 3 is 1.07 bits per heavy atom. The molecule has 2 aliphatic heterocycles. The van der Waals surface area contributed by atoms with E-state index in [9.17, 15) is 74.6 Å². The number of carbonyl (C=O) groups is 4. The van der Waals surface area contributed by atoms with Gasteiger partial charge in [0.1, 0.15) is 92.6 Å². The quantitative estimate of drug-likeness (QED) is 0.00889. The maximum absolute atomic E-state index is 15.0. The van der Waals surface area contributed by atoms with E-state index in [4.69, 9.17) is 46.9 Å². The average Bonchev–Trinajstić information content (AvgIpc) is 0.753. The van der Waals surface area contributed by atoms with E-state index in [0.717, 1.165) is 148 Å². The highest BCUT2D eigenvalue weighted by Crippen LogP contribution is 2.49. The van der Waals surface area contributed by atoms with Crippen molar-refractivity contribution >= 4 is 31.7 Å². The molecule has 0 bridgehead atoms. The van der Waals surface area contributed by atoms with Crippen LogP contribution < -0.4 is 0 Å². The first kappa shape index (κ1) is 113. The van der Waals surface area contributed by atoms with Crippen molar-refractivity contribution in [2.75, 3.05) is 26.4 Å². The second-order valence-corrected chi connectivity index (χ2v) is 37.6. The van der Waals surface area contributed by atoms with Crippen molar-refractivity contribution in [2.45, 2.75) is 537 Å². The Bertz CT molecular complexity index is 2610. The van der Waals surface area contributed by atoms with Crippen LogP contribution >= 0.6 is 7.82 Å². The van der Waals surface area contributed by atoms with Gasteiger partial charge in [0.15, 0.2) is 24.8 Å². The molecule has 122 heavy (non-hydrogen) atoms. The lowest BCUT2D eigenvalue weighted by molar-refractivity contribution is -0.360. The monoisotopic (exact) mass is 1760 g/mol. The van der Waals surface area contributed by atoms with E-state index in [1.54, 1.807) is 0 Å². The predicted octanol–water partition coefficient (Wildman–Crippen LogP) is 19.2. The summed E-state index contributed by atoms with van der Waals surface area (Å²) in [6.45, 7) is 10.3. The number of aliphatic hydroxyl groups excluding tert-OH is 9. The van der Waals surface area contributed by atoms with Gasteiger partial charge in [-0.1, -0.05) is 368 Å². The summed E-state index contributed by atoms with van der Waals surface area (Å²) in [5, 5.41) is 103. The minimum atomic E-state index is -5.81. The van der Waals surface area contributed by atoms with Crippen molar-refractivity contribution in [1.82, 2.24) is 0 Å². The number of phosphoric ester groups is 1. The molecule has 1 aliphatic carbocycles. The van der Waals surface area contributed by atoms with Crippen LogP contribution in [0.2, 0.25) is 0 Å². The lowest BCUT2D eigenvalue weighted by atomic mass is 9.84. The van der Waals surface area contributed by atoms with E-state index in [2.05, 4.69) is 53.7 Å². The Labute approximate surface area is 737 Å². The molecule has 0 amide bonds. The molecular formula is C96H179O25P. The third-order valence-electron chi connectivity index (χ3n) is 24.8. The maximum Gasteiger partial charge on any atom is 0.472 e. The molecule has 20 unspecified atom stereocenters. The highest BCUT2D eigenvalue weighted by Gasteiger charge is 2.60. The van der Waals surface area contributed by atoms with Gasteiger partial charge in [-0.2, -0.15) is 0 Å². The molecule has 3 rings (SSSR count). The topological polar surface area (TPSA) is 380 Å². The highest BCUT2D eigenvalue weighted by atomic mass is 31.2. The molecule has 0 radical (unpaired) electrons. The molecule has 0 aromatic rings. The number of aliphatic hydroxyl groups is 9. The van der Waals surface area contributed by atoms with Crippen molar-refractivity contribution in [3.63, 3.8) is 0 Å². The summed E-state index contributed by atoms with van der Waals surface area (Å²) in [4.78, 5) is 66.7. The van der Waals surface area contributed by atoms with Crippen molar-refractivity contribution in [1.29, 1.82) is 0 Å². The molecule has 0 spiro atoms. The van der Waals surface area contributed by atoms with Gasteiger partial charge in [0.2, 0.25) is 0 Å². The molecule has 10 N–H and O–H groups in total. The zero-order valence-electron chi connectivity index (χ0n) is 77.1. The molecular weight excluding hydrogens is 1580 g/mol. The Morgan fingerprint density at radius 1 is 0.344 bits per heavy atom. The average molecular weight is 1760 g/mol. The number of ether oxygens (including phenoxy) is 8. The van der Waals surface area contributed by atoms with Crippen LogP contribution in [0.25, 0.3) is 0 Å². The molecule has 0 aromatic heterocycles. The molecule has 1 saturated carbocycles. The number of hydrogen-bond donors (Lipinski definition) is 10. The van der Waals surface area contributed by atoms with Crippen molar-refractivity contribution in [3.05, 3.63) is 12.2 Å². The fourth-order valence-electron chi connectivity index (χ4n) is 16.7. The molecule has 25 nitrogen and oxygen atoms in total. The Hall–Kier alpha value is -2.79. The Balaban J connectivity index is 1.92. The van der Waals surface area contributed by atoms with Gasteiger partial charge < -0.3 is 88.7 Å². The van der Waals surface area contributed by atoms with Crippen molar-refractivity contribution in [2.24, 2.45) is 11.8 Å². The highest BCUT2D eigenvalue weighted by molar-refractivity contribution is 7.47. The largest absolute Gasteiger partial charge is 0.472 e. The minimum absolute atomic E-state index is 0.0104. The summed E-state index contributed by atoms with van der Waals surface area (Å²) in [6.07, 6.45) is 30.4. The summed E-state index contributed by atoms with van der Waals surface area (Å²) >= 11 is 0. The molecule has 2 saturated heterocycles. The molecule has 3 aliphatic rings. The number of esters is 4. The Morgan fingerprint density at radius 2 is 0.664 bits per heavy atom. The van der Waals surface area contributed by atoms with Gasteiger partial charge in [0.05, 0.1) is 13.2 Å². The second kappa shape index (κ2) is 72.9. The first-order valence-electron chi connectivity index (χ1n) is 49.7. The third kappa shape index (κ3) is 52.8. The summed E-state index contributed by atoms with van der Waals surface area (Å²) in [5.74, 6) is -1.60. The summed E-state index contributed by atoms with van der Waals surface area (Å²) < 4.78 is 73.7. The molecule has 26 heteroatoms. The smallest absolute Gasteiger partial charge is 0.463 e. The third-order valence-corrected chi connectivity index (χ3v) is 25.8. The summed E-state index contributed by atoms with van der Waals surface area (Å²) in [6, 6.07) is 0. The second-order valence-electron chi connectivity index (χ2n) is 36.2. The normalized spacial score (nSPS) is 25.0. The van der Waals surface area contributed by atoms with Gasteiger partial charge in [-0.05, 0) is 63.2 Å². The van der Waals surface area contributed by atoms with Crippen molar-refractivity contribution in [3.8, 4) is 0 Å². The van der Waals surface area contributed by atoms with Crippen LogP contribution in [0.4, 0.5) is 0 Å². The van der Waals surface area contributed by atoms with E-state index < -0.39 is 162 Å². The van der Waals surface area contributed by atoms with Crippen LogP contribution in [0.15, 0.2) is 12.2 Å². The van der Waals surface area contributed by atoms with Crippen LogP contribution in [0.5, 0.6) is 0 Å². The van der Waals surface area contributed by atoms with Crippen LogP contribution in [-0.2, 0) is 70.7 Å². The first-order chi connectivity index (χ1) is 59.0. The Kier molecular flexibility index (Phi) is 67.8. The number of rotatable bonds is 80. The molecule has 20 atom stereocenters. The predicted molar refractivity (Wildman–Crippen MR) is 476 cm³/mol. The molecule has 2 heterocycles. The molecule has 0 aromatic carbocycles. The lowest BCUT2D eigenvalue weighted by Gasteiger charge is -2.50. The van der Waals surface area contributed by atoms with Gasteiger partial charge in [0.25, 0.3) is 0 Å². The number of carbonyl (C=O) groups excluding carboxylic acids is 4. The SMILES string of the molecule is CCCCCC/C=C\CCCCCCCCCC(=O)OCC1OC(OC2C(OC(=O)CCCCCCCCCCCCCCCCCC)C(O)C(O)C(OC3OC(CO)C(O)C(O)C3O)C2OP(=O)(O)OCC(COC(=O)CCCCCCCCC(C)CCCCCCCC)OC(=O)CCCCCCCCC(C)CCCCCCCC)C(O)C(O)C1O. The zero-order chi connectivity index (χ0) is 89.2. The van der Waals surface area contributed by atoms with E-state index in [1.165, 1.54) is 186 Å². The number of hydrogen-bond acceptors (Lipinski definition) is 24. The van der Waals surface area contributed by atoms with E-state index in [-0.39, 0.29) is 25.7 Å². The van der Waals surface area contributed by atoms with Gasteiger partial charge >= 0.3 is 31.7 Å². The van der Waals surface area contributed by atoms with E-state index in [1.807, 2.05) is 0 Å². The fourth-order valence-corrected chi connectivity index (χ4v) is 17.7. The van der Waals surface area contributed by atoms with Gasteiger partial charge in [-0.15, -0.1) is 0 Å². The zero-order valence-corrected chi connectivity index (χ0v) is 78.0. The van der Waals surface area contributed by atoms with Gasteiger partial charge in [-0.25, -0.2) is 4.57 Å². The summed E-state index contributed by atoms with van der Waals surface area (Å²) in [7, 11) is -5.81. The van der Waals surface area contributed by atoms with Gasteiger partial charge in [0, 0.05) is 25.7 Å². The lowest BCUT2D eigenvalue weighted by Crippen LogP contribution is -2.70. The van der Waals surface area contributed by atoms with E-state index >= 15 is 0 Å². The minimum Gasteiger partial charge on any atom is -0.463 e. The van der Waals surface area contributed by atoms with Crippen LogP contribution in [0.1, 0.15) is 433 Å². The fraction of sp³-hybridized carbons (Fsp3) is 0.938. The first-order valence-corrected chi connectivity index (χ1v) is 51.2. The van der Waals surface area contributed by atoms with Crippen LogP contribution in [0, 0.1) is 11.8 Å². The standard InChI is InChI=1S/C96H179O25P/c1-7-11-15-19-23-25-27-29-31-33-35-37-39-41-52-61-69-82(101)118-91-87(106)88(107)92(119-95-89(108)85(104)83(102)77(70-97)116-95)94(93(91)120-96-90(109)86(105)84(103)78(117-96)73-113-80(99)67-59-50-40-38-36-34-32-30-28-26-24-20-16-12-8-2)121-122(110,111)114-72-76(115-81(100)68-60-53-45-43-49-57-65-75(6)63-55-47-22-18-14-10-4)71-112-79(98)66-58-51-44-42-48-56-64-74(5)62-54-46-21-17-13-9-3/h26,28,74-78,83-97,102-109H,7-25,27,29-73H2,1-6H3,(H,110,111)/b28-26-. The van der Waals surface area contributed by atoms with Crippen LogP contribution in [-0.4, -0.2) is 205 Å². The van der Waals surface area contributed by atoms with Crippen molar-refractivity contribution < 1.29 is 122 Å². The number of unbranched alkanes of at least 4 members (excludes halogenated alkanes) is 46.